The zero-order valence-electron chi connectivity index (χ0n) is 11.9. The summed E-state index contributed by atoms with van der Waals surface area (Å²) in [7, 11) is 2.23. The van der Waals surface area contributed by atoms with Gasteiger partial charge < -0.3 is 10.2 Å². The van der Waals surface area contributed by atoms with Gasteiger partial charge in [-0.15, -0.1) is 11.8 Å². The minimum absolute atomic E-state index is 0.174. The summed E-state index contributed by atoms with van der Waals surface area (Å²) in [6.07, 6.45) is 4.84. The van der Waals surface area contributed by atoms with Crippen molar-refractivity contribution in [1.82, 2.24) is 10.2 Å². The van der Waals surface area contributed by atoms with Crippen LogP contribution in [0.15, 0.2) is 35.2 Å². The van der Waals surface area contributed by atoms with Crippen LogP contribution in [0.2, 0.25) is 0 Å². The maximum atomic E-state index is 12.1. The molecule has 0 radical (unpaired) electrons. The van der Waals surface area contributed by atoms with Crippen molar-refractivity contribution in [2.75, 3.05) is 12.8 Å². The molecule has 2 heterocycles. The van der Waals surface area contributed by atoms with E-state index in [-0.39, 0.29) is 5.91 Å². The normalized spacial score (nSPS) is 29.4. The molecule has 1 N–H and O–H groups in total. The van der Waals surface area contributed by atoms with E-state index in [4.69, 9.17) is 0 Å². The van der Waals surface area contributed by atoms with Crippen LogP contribution in [0.3, 0.4) is 0 Å². The largest absolute Gasteiger partial charge is 0.353 e. The van der Waals surface area contributed by atoms with Crippen molar-refractivity contribution >= 4 is 17.7 Å². The number of rotatable bonds is 4. The van der Waals surface area contributed by atoms with E-state index >= 15 is 0 Å². The highest BCUT2D eigenvalue weighted by Gasteiger charge is 2.38. The fourth-order valence-corrected chi connectivity index (χ4v) is 4.19. The lowest BCUT2D eigenvalue weighted by atomic mass is 9.98. The third-order valence-electron chi connectivity index (χ3n) is 4.58. The Bertz CT molecular complexity index is 451. The van der Waals surface area contributed by atoms with Crippen molar-refractivity contribution in [3.8, 4) is 0 Å². The fourth-order valence-electron chi connectivity index (χ4n) is 3.46. The van der Waals surface area contributed by atoms with Crippen LogP contribution in [0, 0.1) is 0 Å². The standard InChI is InChI=1S/C16H22N2OS/c1-18-13-7-8-14(18)10-12(9-13)17-16(19)11-20-15-5-3-2-4-6-15/h2-6,12-14H,7-11H2,1H3,(H,17,19). The van der Waals surface area contributed by atoms with Crippen LogP contribution in [0.4, 0.5) is 0 Å². The van der Waals surface area contributed by atoms with E-state index in [0.717, 1.165) is 17.7 Å². The lowest BCUT2D eigenvalue weighted by Crippen LogP contribution is -2.49. The van der Waals surface area contributed by atoms with E-state index < -0.39 is 0 Å². The Morgan fingerprint density at radius 1 is 1.25 bits per heavy atom. The van der Waals surface area contributed by atoms with Crippen molar-refractivity contribution in [2.24, 2.45) is 0 Å². The second kappa shape index (κ2) is 6.19. The molecule has 2 saturated heterocycles. The fraction of sp³-hybridized carbons (Fsp3) is 0.562. The first-order valence-electron chi connectivity index (χ1n) is 7.41. The van der Waals surface area contributed by atoms with Crippen molar-refractivity contribution in [1.29, 1.82) is 0 Å². The first-order chi connectivity index (χ1) is 9.72. The number of hydrogen-bond donors (Lipinski definition) is 1. The number of carbonyl (C=O) groups is 1. The highest BCUT2D eigenvalue weighted by atomic mass is 32.2. The van der Waals surface area contributed by atoms with Crippen LogP contribution in [0.1, 0.15) is 25.7 Å². The molecule has 20 heavy (non-hydrogen) atoms. The number of hydrogen-bond acceptors (Lipinski definition) is 3. The molecule has 2 aliphatic rings. The molecular formula is C16H22N2OS. The first kappa shape index (κ1) is 14.0. The number of amides is 1. The van der Waals surface area contributed by atoms with Gasteiger partial charge in [-0.05, 0) is 44.9 Å². The zero-order chi connectivity index (χ0) is 13.9. The topological polar surface area (TPSA) is 32.3 Å². The van der Waals surface area contributed by atoms with Gasteiger partial charge in [-0.25, -0.2) is 0 Å². The van der Waals surface area contributed by atoms with Crippen molar-refractivity contribution in [3.05, 3.63) is 30.3 Å². The number of benzene rings is 1. The van der Waals surface area contributed by atoms with E-state index in [2.05, 4.69) is 17.3 Å². The first-order valence-corrected chi connectivity index (χ1v) is 8.40. The van der Waals surface area contributed by atoms with E-state index in [1.54, 1.807) is 11.8 Å². The number of carbonyl (C=O) groups excluding carboxylic acids is 1. The third kappa shape index (κ3) is 3.18. The van der Waals surface area contributed by atoms with Gasteiger partial charge in [0, 0.05) is 23.0 Å². The van der Waals surface area contributed by atoms with Crippen LogP contribution in [0.25, 0.3) is 0 Å². The molecule has 0 spiro atoms. The Hall–Kier alpha value is -1.00. The van der Waals surface area contributed by atoms with Gasteiger partial charge in [-0.3, -0.25) is 4.79 Å². The summed E-state index contributed by atoms with van der Waals surface area (Å²) in [4.78, 5) is 15.7. The average Bonchev–Trinajstić information content (AvgIpc) is 2.68. The smallest absolute Gasteiger partial charge is 0.230 e. The maximum Gasteiger partial charge on any atom is 0.230 e. The van der Waals surface area contributed by atoms with E-state index in [1.807, 2.05) is 30.3 Å². The molecular weight excluding hydrogens is 268 g/mol. The molecule has 2 aliphatic heterocycles. The highest BCUT2D eigenvalue weighted by Crippen LogP contribution is 2.34. The second-order valence-electron chi connectivity index (χ2n) is 5.89. The van der Waals surface area contributed by atoms with E-state index in [0.29, 0.717) is 23.9 Å². The summed E-state index contributed by atoms with van der Waals surface area (Å²) in [5.74, 6) is 0.693. The third-order valence-corrected chi connectivity index (χ3v) is 5.59. The maximum absolute atomic E-state index is 12.1. The van der Waals surface area contributed by atoms with Gasteiger partial charge in [0.25, 0.3) is 0 Å². The monoisotopic (exact) mass is 290 g/mol. The van der Waals surface area contributed by atoms with Crippen LogP contribution >= 0.6 is 11.8 Å². The van der Waals surface area contributed by atoms with Crippen molar-refractivity contribution in [3.63, 3.8) is 0 Å². The molecule has 3 nitrogen and oxygen atoms in total. The van der Waals surface area contributed by atoms with Gasteiger partial charge in [0.2, 0.25) is 5.91 Å². The number of nitrogens with zero attached hydrogens (tertiary/aromatic N) is 1. The molecule has 2 atom stereocenters. The molecule has 2 bridgehead atoms. The Morgan fingerprint density at radius 3 is 2.55 bits per heavy atom. The lowest BCUT2D eigenvalue weighted by molar-refractivity contribution is -0.119. The summed E-state index contributed by atoms with van der Waals surface area (Å²) < 4.78 is 0. The Balaban J connectivity index is 1.45. The molecule has 2 fully saturated rings. The van der Waals surface area contributed by atoms with Crippen LogP contribution in [0.5, 0.6) is 0 Å². The molecule has 2 unspecified atom stereocenters. The summed E-state index contributed by atoms with van der Waals surface area (Å²) in [6, 6.07) is 11.9. The molecule has 0 saturated carbocycles. The van der Waals surface area contributed by atoms with Gasteiger partial charge >= 0.3 is 0 Å². The number of fused-ring (bicyclic) bond motifs is 2. The number of piperidine rings is 1. The number of nitrogens with one attached hydrogen (secondary N) is 1. The molecule has 0 aromatic heterocycles. The van der Waals surface area contributed by atoms with E-state index in [1.165, 1.54) is 12.8 Å². The van der Waals surface area contributed by atoms with E-state index in [9.17, 15) is 4.79 Å². The second-order valence-corrected chi connectivity index (χ2v) is 6.94. The molecule has 1 amide bonds. The van der Waals surface area contributed by atoms with Crippen LogP contribution in [-0.2, 0) is 4.79 Å². The lowest BCUT2D eigenvalue weighted by Gasteiger charge is -2.36. The Labute approximate surface area is 125 Å². The van der Waals surface area contributed by atoms with Gasteiger partial charge in [0.15, 0.2) is 0 Å². The number of thioether (sulfide) groups is 1. The summed E-state index contributed by atoms with van der Waals surface area (Å²) in [5.41, 5.74) is 0. The Kier molecular flexibility index (Phi) is 4.32. The van der Waals surface area contributed by atoms with Gasteiger partial charge in [0.1, 0.15) is 0 Å². The minimum Gasteiger partial charge on any atom is -0.353 e. The SMILES string of the molecule is CN1C2CCC1CC(NC(=O)CSc1ccccc1)C2. The summed E-state index contributed by atoms with van der Waals surface area (Å²) in [5, 5.41) is 3.22. The quantitative estimate of drug-likeness (QED) is 0.865. The van der Waals surface area contributed by atoms with Crippen molar-refractivity contribution < 1.29 is 4.79 Å². The summed E-state index contributed by atoms with van der Waals surface area (Å²) >= 11 is 1.61. The zero-order valence-corrected chi connectivity index (χ0v) is 12.7. The molecule has 4 heteroatoms. The molecule has 1 aromatic rings. The molecule has 108 valence electrons. The van der Waals surface area contributed by atoms with Crippen molar-refractivity contribution in [2.45, 2.75) is 48.7 Å². The van der Waals surface area contributed by atoms with Gasteiger partial charge in [-0.2, -0.15) is 0 Å². The highest BCUT2D eigenvalue weighted by molar-refractivity contribution is 8.00. The molecule has 0 aliphatic carbocycles. The predicted molar refractivity (Wildman–Crippen MR) is 82.9 cm³/mol. The minimum atomic E-state index is 0.174. The Morgan fingerprint density at radius 2 is 1.90 bits per heavy atom. The van der Waals surface area contributed by atoms with Gasteiger partial charge in [-0.1, -0.05) is 18.2 Å². The molecule has 1 aromatic carbocycles. The summed E-state index contributed by atoms with van der Waals surface area (Å²) in [6.45, 7) is 0. The molecule has 3 rings (SSSR count). The van der Waals surface area contributed by atoms with Crippen LogP contribution < -0.4 is 5.32 Å². The van der Waals surface area contributed by atoms with Gasteiger partial charge in [0.05, 0.1) is 5.75 Å². The average molecular weight is 290 g/mol. The predicted octanol–water partition coefficient (Wildman–Crippen LogP) is 2.52. The van der Waals surface area contributed by atoms with Crippen LogP contribution in [-0.4, -0.2) is 41.7 Å².